The van der Waals surface area contributed by atoms with Crippen LogP contribution in [-0.2, 0) is 19.1 Å². The molecule has 1 saturated carbocycles. The number of carboxylic acid groups (broad SMARTS) is 2. The van der Waals surface area contributed by atoms with Crippen LogP contribution in [0.4, 0.5) is 4.39 Å². The Kier molecular flexibility index (Phi) is 4.05. The summed E-state index contributed by atoms with van der Waals surface area (Å²) in [6, 6.07) is 0. The number of halogens is 1. The van der Waals surface area contributed by atoms with Crippen molar-refractivity contribution in [1.29, 1.82) is 0 Å². The maximum Gasteiger partial charge on any atom is 0.313 e. The monoisotopic (exact) mass is 250 g/mol. The second-order valence-corrected chi connectivity index (χ2v) is 3.67. The van der Waals surface area contributed by atoms with E-state index in [2.05, 4.69) is 0 Å². The summed E-state index contributed by atoms with van der Waals surface area (Å²) >= 11 is 0. The maximum absolute atomic E-state index is 13.8. The van der Waals surface area contributed by atoms with Gasteiger partial charge in [-0.1, -0.05) is 0 Å². The highest BCUT2D eigenvalue weighted by Crippen LogP contribution is 2.50. The molecule has 98 valence electrons. The van der Waals surface area contributed by atoms with Crippen LogP contribution in [0.1, 0.15) is 13.8 Å². The van der Waals surface area contributed by atoms with Gasteiger partial charge in [0.25, 0.3) is 0 Å². The lowest BCUT2D eigenvalue weighted by Crippen LogP contribution is -2.71. The standard InChI is InChI=1S/C10H15FO6/c1-3-16-10(17-4-2)6(9(14)15)5(7(10)11)8(12)13/h5-7H,3-4H2,1-2H3,(H,12,13)(H,14,15)/t5-,6+,7+/m1/s1. The third-order valence-corrected chi connectivity index (χ3v) is 2.78. The molecule has 1 aliphatic carbocycles. The molecule has 0 aliphatic heterocycles. The smallest absolute Gasteiger partial charge is 0.313 e. The molecule has 17 heavy (non-hydrogen) atoms. The van der Waals surface area contributed by atoms with Crippen LogP contribution < -0.4 is 0 Å². The number of carbonyl (C=O) groups is 2. The van der Waals surface area contributed by atoms with Gasteiger partial charge in [0.2, 0.25) is 5.79 Å². The van der Waals surface area contributed by atoms with Crippen LogP contribution in [0.5, 0.6) is 0 Å². The van der Waals surface area contributed by atoms with E-state index in [-0.39, 0.29) is 13.2 Å². The van der Waals surface area contributed by atoms with E-state index in [1.165, 1.54) is 0 Å². The van der Waals surface area contributed by atoms with Gasteiger partial charge in [-0.2, -0.15) is 0 Å². The van der Waals surface area contributed by atoms with Gasteiger partial charge in [0, 0.05) is 13.2 Å². The zero-order valence-corrected chi connectivity index (χ0v) is 9.55. The van der Waals surface area contributed by atoms with E-state index < -0.39 is 35.7 Å². The quantitative estimate of drug-likeness (QED) is 0.667. The number of alkyl halides is 1. The van der Waals surface area contributed by atoms with Gasteiger partial charge in [-0.3, -0.25) is 9.59 Å². The first-order chi connectivity index (χ1) is 7.92. The number of aliphatic carboxylic acids is 2. The molecule has 3 atom stereocenters. The number of carboxylic acids is 2. The third-order valence-electron chi connectivity index (χ3n) is 2.78. The highest BCUT2D eigenvalue weighted by atomic mass is 19.1. The van der Waals surface area contributed by atoms with Crippen LogP contribution in [-0.4, -0.2) is 47.3 Å². The van der Waals surface area contributed by atoms with Crippen molar-refractivity contribution in [2.45, 2.75) is 25.8 Å². The van der Waals surface area contributed by atoms with E-state index in [4.69, 9.17) is 19.7 Å². The minimum Gasteiger partial charge on any atom is -0.481 e. The zero-order chi connectivity index (χ0) is 13.2. The van der Waals surface area contributed by atoms with Gasteiger partial charge in [0.05, 0.1) is 0 Å². The van der Waals surface area contributed by atoms with Gasteiger partial charge < -0.3 is 19.7 Å². The number of hydrogen-bond donors (Lipinski definition) is 2. The normalized spacial score (nSPS) is 30.6. The Morgan fingerprint density at radius 3 is 1.94 bits per heavy atom. The molecular formula is C10H15FO6. The molecule has 6 nitrogen and oxygen atoms in total. The summed E-state index contributed by atoms with van der Waals surface area (Å²) < 4.78 is 23.9. The first-order valence-corrected chi connectivity index (χ1v) is 5.29. The van der Waals surface area contributed by atoms with Crippen molar-refractivity contribution in [3.8, 4) is 0 Å². The minimum atomic E-state index is -1.99. The molecule has 0 saturated heterocycles. The molecule has 0 radical (unpaired) electrons. The Labute approximate surface area is 97.3 Å². The largest absolute Gasteiger partial charge is 0.481 e. The summed E-state index contributed by atoms with van der Waals surface area (Å²) in [5.41, 5.74) is 0. The second kappa shape index (κ2) is 4.97. The Morgan fingerprint density at radius 1 is 1.18 bits per heavy atom. The van der Waals surface area contributed by atoms with E-state index in [1.807, 2.05) is 0 Å². The summed E-state index contributed by atoms with van der Waals surface area (Å²) in [7, 11) is 0. The molecule has 1 rings (SSSR count). The molecule has 0 bridgehead atoms. The van der Waals surface area contributed by atoms with Gasteiger partial charge in [0.1, 0.15) is 11.8 Å². The van der Waals surface area contributed by atoms with Gasteiger partial charge >= 0.3 is 11.9 Å². The van der Waals surface area contributed by atoms with Crippen LogP contribution in [0.2, 0.25) is 0 Å². The molecule has 2 N–H and O–H groups in total. The van der Waals surface area contributed by atoms with Crippen molar-refractivity contribution in [1.82, 2.24) is 0 Å². The van der Waals surface area contributed by atoms with Crippen LogP contribution in [0, 0.1) is 11.8 Å². The van der Waals surface area contributed by atoms with Gasteiger partial charge in [-0.05, 0) is 13.8 Å². The van der Waals surface area contributed by atoms with E-state index in [1.54, 1.807) is 13.8 Å². The third kappa shape index (κ3) is 2.00. The van der Waals surface area contributed by atoms with Crippen LogP contribution >= 0.6 is 0 Å². The van der Waals surface area contributed by atoms with Crippen molar-refractivity contribution < 1.29 is 33.7 Å². The lowest BCUT2D eigenvalue weighted by molar-refractivity contribution is -0.354. The lowest BCUT2D eigenvalue weighted by Gasteiger charge is -2.52. The molecule has 1 fully saturated rings. The van der Waals surface area contributed by atoms with Crippen molar-refractivity contribution in [3.63, 3.8) is 0 Å². The molecule has 0 amide bonds. The van der Waals surface area contributed by atoms with Crippen molar-refractivity contribution in [2.24, 2.45) is 11.8 Å². The molecule has 0 aromatic rings. The predicted molar refractivity (Wildman–Crippen MR) is 53.1 cm³/mol. The van der Waals surface area contributed by atoms with E-state index in [0.29, 0.717) is 0 Å². The Balaban J connectivity index is 3.03. The minimum absolute atomic E-state index is 0.0382. The molecule has 0 aromatic carbocycles. The summed E-state index contributed by atoms with van der Waals surface area (Å²) in [6.45, 7) is 3.19. The van der Waals surface area contributed by atoms with Crippen LogP contribution in [0.15, 0.2) is 0 Å². The second-order valence-electron chi connectivity index (χ2n) is 3.67. The molecule has 0 aromatic heterocycles. The zero-order valence-electron chi connectivity index (χ0n) is 9.55. The average molecular weight is 250 g/mol. The SMILES string of the molecule is CCOC1(OCC)[C@H](C(=O)O)[C@@H](C(=O)O)[C@@H]1F. The fraction of sp³-hybridized carbons (Fsp3) is 0.800. The van der Waals surface area contributed by atoms with Gasteiger partial charge in [-0.15, -0.1) is 0 Å². The fourth-order valence-corrected chi connectivity index (χ4v) is 2.15. The van der Waals surface area contributed by atoms with E-state index in [9.17, 15) is 14.0 Å². The molecule has 1 aliphatic rings. The van der Waals surface area contributed by atoms with Crippen LogP contribution in [0.25, 0.3) is 0 Å². The van der Waals surface area contributed by atoms with Gasteiger partial charge in [-0.25, -0.2) is 4.39 Å². The van der Waals surface area contributed by atoms with E-state index >= 15 is 0 Å². The fourth-order valence-electron chi connectivity index (χ4n) is 2.15. The Morgan fingerprint density at radius 2 is 1.65 bits per heavy atom. The predicted octanol–water partition coefficient (Wildman–Crippen LogP) is 0.509. The number of rotatable bonds is 6. The number of ether oxygens (including phenoxy) is 2. The first kappa shape index (κ1) is 13.9. The Bertz CT molecular complexity index is 312. The lowest BCUT2D eigenvalue weighted by atomic mass is 9.65. The molecule has 0 heterocycles. The highest BCUT2D eigenvalue weighted by molar-refractivity contribution is 5.84. The molecule has 0 spiro atoms. The highest BCUT2D eigenvalue weighted by Gasteiger charge is 2.71. The topological polar surface area (TPSA) is 93.1 Å². The first-order valence-electron chi connectivity index (χ1n) is 5.29. The van der Waals surface area contributed by atoms with Crippen molar-refractivity contribution in [2.75, 3.05) is 13.2 Å². The van der Waals surface area contributed by atoms with E-state index in [0.717, 1.165) is 0 Å². The molecule has 0 unspecified atom stereocenters. The average Bonchev–Trinajstić information content (AvgIpc) is 2.23. The molecular weight excluding hydrogens is 235 g/mol. The van der Waals surface area contributed by atoms with Crippen molar-refractivity contribution >= 4 is 11.9 Å². The summed E-state index contributed by atoms with van der Waals surface area (Å²) in [5, 5.41) is 17.7. The van der Waals surface area contributed by atoms with Crippen LogP contribution in [0.3, 0.4) is 0 Å². The Hall–Kier alpha value is -1.21. The van der Waals surface area contributed by atoms with Crippen molar-refractivity contribution in [3.05, 3.63) is 0 Å². The van der Waals surface area contributed by atoms with Gasteiger partial charge in [0.15, 0.2) is 6.17 Å². The summed E-state index contributed by atoms with van der Waals surface area (Å²) in [4.78, 5) is 21.8. The maximum atomic E-state index is 13.8. The molecule has 7 heteroatoms. The summed E-state index contributed by atoms with van der Waals surface area (Å²) in [5.74, 6) is -8.08. The number of hydrogen-bond acceptors (Lipinski definition) is 4. The summed E-state index contributed by atoms with van der Waals surface area (Å²) in [6.07, 6.45) is -1.99.